The van der Waals surface area contributed by atoms with Crippen LogP contribution < -0.4 is 10.5 Å². The highest BCUT2D eigenvalue weighted by molar-refractivity contribution is 5.78. The molecule has 0 aliphatic carbocycles. The van der Waals surface area contributed by atoms with Gasteiger partial charge in [-0.3, -0.25) is 9.89 Å². The van der Waals surface area contributed by atoms with Crippen LogP contribution >= 0.6 is 0 Å². The van der Waals surface area contributed by atoms with Crippen molar-refractivity contribution in [1.82, 2.24) is 15.1 Å². The zero-order valence-corrected chi connectivity index (χ0v) is 15.9. The molecule has 3 aromatic rings. The van der Waals surface area contributed by atoms with Crippen LogP contribution in [-0.2, 0) is 11.3 Å². The standard InChI is InChI=1S/C22H23FN4O2/c23-19-3-1-2-4-21(19)29-14-22(28)27-12-17(16-7-5-15(11-24)6-8-16)18(13-27)20-9-10-25-26-20/h1-10,17-18H,11-14,24H2,(H,25,26)/t17-,18+/m0/s1. The predicted octanol–water partition coefficient (Wildman–Crippen LogP) is 2.80. The maximum absolute atomic E-state index is 13.7. The van der Waals surface area contributed by atoms with Crippen molar-refractivity contribution in [2.45, 2.75) is 18.4 Å². The van der Waals surface area contributed by atoms with Crippen LogP contribution in [0.15, 0.2) is 60.8 Å². The molecule has 0 spiro atoms. The fourth-order valence-corrected chi connectivity index (χ4v) is 3.83. The summed E-state index contributed by atoms with van der Waals surface area (Å²) in [4.78, 5) is 14.5. The summed E-state index contributed by atoms with van der Waals surface area (Å²) < 4.78 is 19.1. The molecule has 4 rings (SSSR count). The number of hydrogen-bond donors (Lipinski definition) is 2. The molecule has 3 N–H and O–H groups in total. The molecule has 0 radical (unpaired) electrons. The van der Waals surface area contributed by atoms with Gasteiger partial charge in [-0.15, -0.1) is 0 Å². The summed E-state index contributed by atoms with van der Waals surface area (Å²) in [6.07, 6.45) is 1.72. The molecular formula is C22H23FN4O2. The molecule has 0 bridgehead atoms. The molecule has 7 heteroatoms. The summed E-state index contributed by atoms with van der Waals surface area (Å²) in [5.74, 6) is -0.341. The van der Waals surface area contributed by atoms with Gasteiger partial charge in [-0.25, -0.2) is 4.39 Å². The van der Waals surface area contributed by atoms with Crippen molar-refractivity contribution >= 4 is 5.91 Å². The van der Waals surface area contributed by atoms with E-state index in [1.165, 1.54) is 12.1 Å². The Morgan fingerprint density at radius 1 is 1.14 bits per heavy atom. The van der Waals surface area contributed by atoms with Gasteiger partial charge in [-0.2, -0.15) is 5.10 Å². The number of carbonyl (C=O) groups is 1. The Hall–Kier alpha value is -3.19. The fraction of sp³-hybridized carbons (Fsp3) is 0.273. The monoisotopic (exact) mass is 394 g/mol. The van der Waals surface area contributed by atoms with Crippen molar-refractivity contribution in [2.24, 2.45) is 5.73 Å². The van der Waals surface area contributed by atoms with Crippen LogP contribution in [0.2, 0.25) is 0 Å². The quantitative estimate of drug-likeness (QED) is 0.673. The number of likely N-dealkylation sites (tertiary alicyclic amines) is 1. The van der Waals surface area contributed by atoms with E-state index in [2.05, 4.69) is 22.3 Å². The van der Waals surface area contributed by atoms with Crippen molar-refractivity contribution in [3.8, 4) is 5.75 Å². The van der Waals surface area contributed by atoms with Crippen molar-refractivity contribution in [1.29, 1.82) is 0 Å². The van der Waals surface area contributed by atoms with E-state index in [1.807, 2.05) is 18.2 Å². The zero-order valence-electron chi connectivity index (χ0n) is 15.9. The van der Waals surface area contributed by atoms with E-state index in [9.17, 15) is 9.18 Å². The molecule has 2 atom stereocenters. The Morgan fingerprint density at radius 3 is 2.59 bits per heavy atom. The van der Waals surface area contributed by atoms with Gasteiger partial charge in [0.05, 0.1) is 0 Å². The third-order valence-electron chi connectivity index (χ3n) is 5.43. The van der Waals surface area contributed by atoms with Gasteiger partial charge in [-0.1, -0.05) is 36.4 Å². The smallest absolute Gasteiger partial charge is 0.260 e. The van der Waals surface area contributed by atoms with Crippen LogP contribution in [0.5, 0.6) is 5.75 Å². The number of nitrogens with one attached hydrogen (secondary N) is 1. The Bertz CT molecular complexity index is 959. The lowest BCUT2D eigenvalue weighted by atomic mass is 9.86. The van der Waals surface area contributed by atoms with E-state index in [-0.39, 0.29) is 30.1 Å². The number of ether oxygens (including phenoxy) is 1. The first-order chi connectivity index (χ1) is 14.2. The van der Waals surface area contributed by atoms with Gasteiger partial charge < -0.3 is 15.4 Å². The molecular weight excluding hydrogens is 371 g/mol. The molecule has 1 aromatic heterocycles. The first-order valence-corrected chi connectivity index (χ1v) is 9.59. The number of halogens is 1. The minimum atomic E-state index is -0.477. The second-order valence-electron chi connectivity index (χ2n) is 7.19. The van der Waals surface area contributed by atoms with Gasteiger partial charge in [-0.05, 0) is 29.3 Å². The normalized spacial score (nSPS) is 18.8. The van der Waals surface area contributed by atoms with Gasteiger partial charge in [0.25, 0.3) is 5.91 Å². The van der Waals surface area contributed by atoms with Gasteiger partial charge in [0, 0.05) is 43.4 Å². The molecule has 2 heterocycles. The molecule has 29 heavy (non-hydrogen) atoms. The van der Waals surface area contributed by atoms with E-state index in [0.717, 1.165) is 16.8 Å². The summed E-state index contributed by atoms with van der Waals surface area (Å²) in [5.41, 5.74) is 8.91. The number of aromatic amines is 1. The van der Waals surface area contributed by atoms with Crippen LogP contribution in [0.1, 0.15) is 28.7 Å². The maximum atomic E-state index is 13.7. The van der Waals surface area contributed by atoms with Gasteiger partial charge in [0.2, 0.25) is 0 Å². The van der Waals surface area contributed by atoms with E-state index in [4.69, 9.17) is 10.5 Å². The molecule has 1 aliphatic heterocycles. The third kappa shape index (κ3) is 4.14. The number of H-pyrrole nitrogens is 1. The largest absolute Gasteiger partial charge is 0.481 e. The summed E-state index contributed by atoms with van der Waals surface area (Å²) >= 11 is 0. The molecule has 6 nitrogen and oxygen atoms in total. The number of hydrogen-bond acceptors (Lipinski definition) is 4. The van der Waals surface area contributed by atoms with Crippen molar-refractivity contribution in [3.63, 3.8) is 0 Å². The number of benzene rings is 2. The Kier molecular flexibility index (Phi) is 5.57. The van der Waals surface area contributed by atoms with Crippen LogP contribution in [0.25, 0.3) is 0 Å². The first-order valence-electron chi connectivity index (χ1n) is 9.59. The van der Waals surface area contributed by atoms with Crippen LogP contribution in [0.4, 0.5) is 4.39 Å². The molecule has 1 amide bonds. The number of para-hydroxylation sites is 1. The Balaban J connectivity index is 1.50. The summed E-state index contributed by atoms with van der Waals surface area (Å²) in [6, 6.07) is 16.2. The molecule has 1 aliphatic rings. The van der Waals surface area contributed by atoms with E-state index in [0.29, 0.717) is 19.6 Å². The lowest BCUT2D eigenvalue weighted by Crippen LogP contribution is -2.33. The van der Waals surface area contributed by atoms with Gasteiger partial charge in [0.1, 0.15) is 0 Å². The van der Waals surface area contributed by atoms with Crippen molar-refractivity contribution < 1.29 is 13.9 Å². The summed E-state index contributed by atoms with van der Waals surface area (Å²) in [5, 5.41) is 7.10. The van der Waals surface area contributed by atoms with E-state index < -0.39 is 5.82 Å². The number of nitrogens with zero attached hydrogens (tertiary/aromatic N) is 2. The topological polar surface area (TPSA) is 84.2 Å². The minimum Gasteiger partial charge on any atom is -0.481 e. The highest BCUT2D eigenvalue weighted by Crippen LogP contribution is 2.39. The molecule has 0 unspecified atom stereocenters. The second kappa shape index (κ2) is 8.45. The number of rotatable bonds is 6. The first kappa shape index (κ1) is 19.1. The fourth-order valence-electron chi connectivity index (χ4n) is 3.83. The minimum absolute atomic E-state index is 0.0825. The van der Waals surface area contributed by atoms with Crippen molar-refractivity contribution in [3.05, 3.63) is 83.4 Å². The highest BCUT2D eigenvalue weighted by Gasteiger charge is 2.37. The Morgan fingerprint density at radius 2 is 1.90 bits per heavy atom. The Labute approximate surface area is 168 Å². The SMILES string of the molecule is NCc1ccc([C@@H]2CN(C(=O)COc3ccccc3F)C[C@H]2c2ccn[nH]2)cc1. The number of nitrogens with two attached hydrogens (primary N) is 1. The zero-order chi connectivity index (χ0) is 20.2. The van der Waals surface area contributed by atoms with Gasteiger partial charge in [0.15, 0.2) is 18.2 Å². The number of amides is 1. The summed E-state index contributed by atoms with van der Waals surface area (Å²) in [6.45, 7) is 1.40. The highest BCUT2D eigenvalue weighted by atomic mass is 19.1. The van der Waals surface area contributed by atoms with Crippen LogP contribution in [-0.4, -0.2) is 40.7 Å². The van der Waals surface area contributed by atoms with Crippen LogP contribution in [0.3, 0.4) is 0 Å². The summed E-state index contributed by atoms with van der Waals surface area (Å²) in [7, 11) is 0. The van der Waals surface area contributed by atoms with E-state index >= 15 is 0 Å². The lowest BCUT2D eigenvalue weighted by molar-refractivity contribution is -0.132. The van der Waals surface area contributed by atoms with E-state index in [1.54, 1.807) is 23.2 Å². The number of carbonyl (C=O) groups excluding carboxylic acids is 1. The molecule has 150 valence electrons. The second-order valence-corrected chi connectivity index (χ2v) is 7.19. The van der Waals surface area contributed by atoms with Crippen molar-refractivity contribution in [2.75, 3.05) is 19.7 Å². The lowest BCUT2D eigenvalue weighted by Gasteiger charge is -2.17. The average Bonchev–Trinajstić information content (AvgIpc) is 3.43. The maximum Gasteiger partial charge on any atom is 0.260 e. The molecule has 0 saturated carbocycles. The average molecular weight is 394 g/mol. The van der Waals surface area contributed by atoms with Crippen LogP contribution in [0, 0.1) is 5.82 Å². The predicted molar refractivity (Wildman–Crippen MR) is 107 cm³/mol. The molecule has 1 fully saturated rings. The third-order valence-corrected chi connectivity index (χ3v) is 5.43. The van der Waals surface area contributed by atoms with Gasteiger partial charge >= 0.3 is 0 Å². The molecule has 1 saturated heterocycles. The number of aromatic nitrogens is 2. The molecule has 2 aromatic carbocycles.